The summed E-state index contributed by atoms with van der Waals surface area (Å²) in [6, 6.07) is 4.67. The highest BCUT2D eigenvalue weighted by Crippen LogP contribution is 2.32. The van der Waals surface area contributed by atoms with E-state index in [0.29, 0.717) is 12.1 Å². The Labute approximate surface area is 120 Å². The maximum atomic E-state index is 9.84. The molecule has 112 valence electrons. The van der Waals surface area contributed by atoms with E-state index in [2.05, 4.69) is 17.1 Å². The Balaban J connectivity index is 1.90. The summed E-state index contributed by atoms with van der Waals surface area (Å²) in [5, 5.41) is 23.0. The van der Waals surface area contributed by atoms with Crippen LogP contribution in [0.4, 0.5) is 0 Å². The normalized spacial score (nSPS) is 21.8. The summed E-state index contributed by atoms with van der Waals surface area (Å²) >= 11 is 0. The van der Waals surface area contributed by atoms with Crippen molar-refractivity contribution < 1.29 is 14.9 Å². The predicted octanol–water partition coefficient (Wildman–Crippen LogP) is 1.47. The van der Waals surface area contributed by atoms with Crippen molar-refractivity contribution in [3.63, 3.8) is 0 Å². The molecule has 2 unspecified atom stereocenters. The molecule has 1 aromatic rings. The predicted molar refractivity (Wildman–Crippen MR) is 78.0 cm³/mol. The van der Waals surface area contributed by atoms with Gasteiger partial charge in [-0.3, -0.25) is 4.90 Å². The maximum absolute atomic E-state index is 9.84. The number of rotatable bonds is 5. The third kappa shape index (κ3) is 3.62. The molecule has 1 heterocycles. The van der Waals surface area contributed by atoms with Crippen molar-refractivity contribution in [3.8, 4) is 11.5 Å². The molecule has 5 heteroatoms. The minimum Gasteiger partial charge on any atom is -0.507 e. The lowest BCUT2D eigenvalue weighted by atomic mass is 10.1. The van der Waals surface area contributed by atoms with Gasteiger partial charge in [0.05, 0.1) is 18.3 Å². The molecule has 0 saturated carbocycles. The van der Waals surface area contributed by atoms with Crippen LogP contribution in [0.15, 0.2) is 18.2 Å². The number of hydrogen-bond acceptors (Lipinski definition) is 5. The van der Waals surface area contributed by atoms with E-state index in [1.807, 2.05) is 6.92 Å². The zero-order valence-corrected chi connectivity index (χ0v) is 12.2. The highest BCUT2D eigenvalue weighted by atomic mass is 16.5. The van der Waals surface area contributed by atoms with Gasteiger partial charge in [-0.1, -0.05) is 13.0 Å². The molecule has 2 atom stereocenters. The molecular weight excluding hydrogens is 256 g/mol. The molecule has 0 aliphatic carbocycles. The van der Waals surface area contributed by atoms with Crippen LogP contribution in [-0.2, 0) is 4.74 Å². The molecule has 5 nitrogen and oxygen atoms in total. The Kier molecular flexibility index (Phi) is 5.23. The summed E-state index contributed by atoms with van der Waals surface area (Å²) in [6.45, 7) is 8.48. The van der Waals surface area contributed by atoms with Crippen LogP contribution < -0.4 is 5.32 Å². The molecule has 0 aromatic heterocycles. The average molecular weight is 280 g/mol. The van der Waals surface area contributed by atoms with E-state index in [1.54, 1.807) is 18.2 Å². The Morgan fingerprint density at radius 3 is 2.75 bits per heavy atom. The monoisotopic (exact) mass is 280 g/mol. The van der Waals surface area contributed by atoms with Crippen LogP contribution in [0.2, 0.25) is 0 Å². The van der Waals surface area contributed by atoms with Gasteiger partial charge in [-0.15, -0.1) is 0 Å². The Morgan fingerprint density at radius 2 is 2.10 bits per heavy atom. The zero-order chi connectivity index (χ0) is 14.5. The van der Waals surface area contributed by atoms with Gasteiger partial charge >= 0.3 is 0 Å². The van der Waals surface area contributed by atoms with E-state index in [-0.39, 0.29) is 23.6 Å². The summed E-state index contributed by atoms with van der Waals surface area (Å²) in [4.78, 5) is 2.36. The third-order valence-electron chi connectivity index (χ3n) is 3.81. The highest BCUT2D eigenvalue weighted by molar-refractivity contribution is 5.44. The smallest absolute Gasteiger partial charge is 0.124 e. The second-order valence-corrected chi connectivity index (χ2v) is 5.23. The van der Waals surface area contributed by atoms with E-state index in [9.17, 15) is 10.2 Å². The lowest BCUT2D eigenvalue weighted by Crippen LogP contribution is -2.46. The van der Waals surface area contributed by atoms with Crippen LogP contribution in [0.5, 0.6) is 11.5 Å². The zero-order valence-electron chi connectivity index (χ0n) is 12.2. The van der Waals surface area contributed by atoms with Gasteiger partial charge in [-0.25, -0.2) is 0 Å². The minimum atomic E-state index is -0.128. The minimum absolute atomic E-state index is 0.116. The summed E-state index contributed by atoms with van der Waals surface area (Å²) in [5.41, 5.74) is 0.538. The number of benzene rings is 1. The quantitative estimate of drug-likeness (QED) is 0.762. The van der Waals surface area contributed by atoms with Gasteiger partial charge in [0.1, 0.15) is 11.5 Å². The molecular formula is C15H24N2O3. The van der Waals surface area contributed by atoms with E-state index in [1.165, 1.54) is 0 Å². The van der Waals surface area contributed by atoms with Crippen LogP contribution in [0, 0.1) is 0 Å². The molecule has 1 fully saturated rings. The first-order chi connectivity index (χ1) is 9.61. The molecule has 1 aliphatic heterocycles. The van der Waals surface area contributed by atoms with Gasteiger partial charge in [0.2, 0.25) is 0 Å². The average Bonchev–Trinajstić information content (AvgIpc) is 2.45. The van der Waals surface area contributed by atoms with Crippen LogP contribution >= 0.6 is 0 Å². The van der Waals surface area contributed by atoms with Crippen molar-refractivity contribution in [2.75, 3.05) is 32.8 Å². The number of aromatic hydroxyl groups is 2. The van der Waals surface area contributed by atoms with E-state index in [0.717, 1.165) is 26.2 Å². The molecule has 20 heavy (non-hydrogen) atoms. The Hall–Kier alpha value is -1.30. The fraction of sp³-hybridized carbons (Fsp3) is 0.600. The van der Waals surface area contributed by atoms with Crippen molar-refractivity contribution in [2.24, 2.45) is 0 Å². The molecule has 0 spiro atoms. The number of ether oxygens (including phenoxy) is 1. The van der Waals surface area contributed by atoms with Crippen molar-refractivity contribution in [3.05, 3.63) is 23.8 Å². The summed E-state index contributed by atoms with van der Waals surface area (Å²) < 4.78 is 5.73. The molecule has 3 N–H and O–H groups in total. The van der Waals surface area contributed by atoms with Gasteiger partial charge < -0.3 is 20.3 Å². The Morgan fingerprint density at radius 1 is 1.40 bits per heavy atom. The summed E-state index contributed by atoms with van der Waals surface area (Å²) in [7, 11) is 0. The summed E-state index contributed by atoms with van der Waals surface area (Å²) in [5.74, 6) is 0.231. The molecule has 1 aromatic carbocycles. The highest BCUT2D eigenvalue weighted by Gasteiger charge is 2.21. The largest absolute Gasteiger partial charge is 0.507 e. The number of phenols is 2. The number of likely N-dealkylation sites (N-methyl/N-ethyl adjacent to an activating group) is 1. The number of nitrogens with zero attached hydrogens (tertiary/aromatic N) is 1. The van der Waals surface area contributed by atoms with E-state index < -0.39 is 0 Å². The van der Waals surface area contributed by atoms with Gasteiger partial charge in [0, 0.05) is 25.7 Å². The van der Waals surface area contributed by atoms with Crippen molar-refractivity contribution in [2.45, 2.75) is 26.0 Å². The third-order valence-corrected chi connectivity index (χ3v) is 3.81. The van der Waals surface area contributed by atoms with Gasteiger partial charge in [-0.05, 0) is 25.6 Å². The van der Waals surface area contributed by atoms with E-state index in [4.69, 9.17) is 4.74 Å². The first kappa shape index (κ1) is 15.1. The first-order valence-electron chi connectivity index (χ1n) is 7.20. The Bertz CT molecular complexity index is 419. The van der Waals surface area contributed by atoms with Crippen LogP contribution in [-0.4, -0.2) is 54.0 Å². The lowest BCUT2D eigenvalue weighted by molar-refractivity contribution is -0.0262. The molecule has 1 saturated heterocycles. The second-order valence-electron chi connectivity index (χ2n) is 5.23. The summed E-state index contributed by atoms with van der Waals surface area (Å²) in [6.07, 6.45) is 0.152. The number of nitrogens with one attached hydrogen (secondary N) is 1. The fourth-order valence-electron chi connectivity index (χ4n) is 2.59. The number of hydrogen-bond donors (Lipinski definition) is 3. The van der Waals surface area contributed by atoms with Crippen molar-refractivity contribution in [1.82, 2.24) is 10.2 Å². The molecule has 0 amide bonds. The first-order valence-corrected chi connectivity index (χ1v) is 7.20. The van der Waals surface area contributed by atoms with Gasteiger partial charge in [0.15, 0.2) is 0 Å². The van der Waals surface area contributed by atoms with Crippen LogP contribution in [0.25, 0.3) is 0 Å². The number of morpholine rings is 1. The van der Waals surface area contributed by atoms with Crippen LogP contribution in [0.3, 0.4) is 0 Å². The second kappa shape index (κ2) is 6.92. The SMILES string of the molecule is CCN1CCOC(CNC(C)c2c(O)cccc2O)C1. The molecule has 0 bridgehead atoms. The van der Waals surface area contributed by atoms with Gasteiger partial charge in [-0.2, -0.15) is 0 Å². The standard InChI is InChI=1S/C15H24N2O3/c1-3-17-7-8-20-12(10-17)9-16-11(2)15-13(18)5-4-6-14(15)19/h4-6,11-12,16,18-19H,3,7-10H2,1-2H3. The maximum Gasteiger partial charge on any atom is 0.124 e. The van der Waals surface area contributed by atoms with Crippen LogP contribution in [0.1, 0.15) is 25.5 Å². The van der Waals surface area contributed by atoms with Crippen molar-refractivity contribution >= 4 is 0 Å². The van der Waals surface area contributed by atoms with Gasteiger partial charge in [0.25, 0.3) is 0 Å². The molecule has 1 aliphatic rings. The topological polar surface area (TPSA) is 65.0 Å². The lowest BCUT2D eigenvalue weighted by Gasteiger charge is -2.33. The molecule has 2 rings (SSSR count). The molecule has 0 radical (unpaired) electrons. The fourth-order valence-corrected chi connectivity index (χ4v) is 2.59. The number of phenolic OH excluding ortho intramolecular Hbond substituents is 2. The van der Waals surface area contributed by atoms with Crippen molar-refractivity contribution in [1.29, 1.82) is 0 Å². The van der Waals surface area contributed by atoms with E-state index >= 15 is 0 Å².